The highest BCUT2D eigenvalue weighted by Gasteiger charge is 2.51. The Kier molecular flexibility index (Phi) is 12.0. The molecule has 2 spiro atoms. The number of alkyl halides is 3. The SMILES string of the molecule is COc1ccc2c(c1)OC1(C=C2OS(=O)(=O)C(F)(F)F)CCN(C(=O)OC(C)(C)C)CC1.COc1ccc2c(c1)OC1(CCN(C(=O)OC(C)(C)C)CC1)CC2=O. The monoisotopic (exact) mass is 826 g/mol. The number of fused-ring (bicyclic) bond motifs is 2. The molecule has 6 rings (SSSR count). The Morgan fingerprint density at radius 2 is 1.18 bits per heavy atom. The number of Topliss-reactive ketones (excluding diaryl/α,β-unsaturated/α-hetero) is 1. The quantitative estimate of drug-likeness (QED) is 0.221. The average Bonchev–Trinajstić information content (AvgIpc) is 3.09. The van der Waals surface area contributed by atoms with E-state index >= 15 is 0 Å². The van der Waals surface area contributed by atoms with Crippen molar-refractivity contribution in [2.45, 2.75) is 102 Å². The van der Waals surface area contributed by atoms with E-state index in [1.165, 1.54) is 36.3 Å². The molecule has 0 radical (unpaired) electrons. The predicted octanol–water partition coefficient (Wildman–Crippen LogP) is 7.49. The number of ether oxygens (including phenoxy) is 6. The number of rotatable bonds is 4. The maximum Gasteiger partial charge on any atom is 0.534 e. The number of amides is 2. The summed E-state index contributed by atoms with van der Waals surface area (Å²) in [6, 6.07) is 9.52. The number of halogens is 3. The van der Waals surface area contributed by atoms with Crippen molar-refractivity contribution in [2.24, 2.45) is 0 Å². The van der Waals surface area contributed by atoms with Crippen LogP contribution in [-0.2, 0) is 23.8 Å². The van der Waals surface area contributed by atoms with Gasteiger partial charge in [0.2, 0.25) is 0 Å². The standard InChI is InChI=1S/C20H24F3NO7S.C19H25NO5/c1-18(2,3)30-17(25)24-9-7-19(8-10-24)12-16(31-32(26,27)20(21,22)23)14-6-5-13(28-4)11-15(14)29-19;1-18(2,3)25-17(22)20-9-7-19(8-10-20)12-15(21)14-6-5-13(23-4)11-16(14)24-19/h5-6,11-12H,7-10H2,1-4H3;5-6,11H,7-10,12H2,1-4H3. The van der Waals surface area contributed by atoms with Gasteiger partial charge >= 0.3 is 27.8 Å². The number of carbonyl (C=O) groups is 3. The Hall–Kier alpha value is -4.87. The van der Waals surface area contributed by atoms with Crippen LogP contribution in [0.15, 0.2) is 42.5 Å². The fourth-order valence-electron chi connectivity index (χ4n) is 6.66. The fourth-order valence-corrected chi connectivity index (χ4v) is 7.13. The van der Waals surface area contributed by atoms with Crippen LogP contribution in [0.3, 0.4) is 0 Å². The second kappa shape index (κ2) is 15.8. The first kappa shape index (κ1) is 43.3. The summed E-state index contributed by atoms with van der Waals surface area (Å²) in [5.41, 5.74) is -7.87. The molecule has 0 bridgehead atoms. The summed E-state index contributed by atoms with van der Waals surface area (Å²) in [6.45, 7) is 12.2. The molecule has 314 valence electrons. The molecule has 0 aromatic heterocycles. The van der Waals surface area contributed by atoms with Crippen LogP contribution < -0.4 is 18.9 Å². The summed E-state index contributed by atoms with van der Waals surface area (Å²) in [4.78, 5) is 40.2. The Labute approximate surface area is 330 Å². The van der Waals surface area contributed by atoms with Gasteiger partial charge in [0.1, 0.15) is 45.4 Å². The molecule has 2 aromatic carbocycles. The summed E-state index contributed by atoms with van der Waals surface area (Å²) < 4.78 is 100. The molecule has 2 fully saturated rings. The van der Waals surface area contributed by atoms with Crippen LogP contribution in [0.5, 0.6) is 23.0 Å². The molecule has 0 aliphatic carbocycles. The van der Waals surface area contributed by atoms with Gasteiger partial charge in [-0.15, -0.1) is 0 Å². The van der Waals surface area contributed by atoms with Gasteiger partial charge in [0.05, 0.1) is 31.8 Å². The highest BCUT2D eigenvalue weighted by molar-refractivity contribution is 7.87. The van der Waals surface area contributed by atoms with Crippen LogP contribution in [0.4, 0.5) is 22.8 Å². The van der Waals surface area contributed by atoms with Gasteiger partial charge in [-0.2, -0.15) is 21.6 Å². The van der Waals surface area contributed by atoms with Crippen LogP contribution in [-0.4, -0.2) is 104 Å². The lowest BCUT2D eigenvalue weighted by Gasteiger charge is -2.44. The molecule has 2 amide bonds. The summed E-state index contributed by atoms with van der Waals surface area (Å²) in [5.74, 6) is 1.30. The summed E-state index contributed by atoms with van der Waals surface area (Å²) in [5, 5.41) is 0. The smallest absolute Gasteiger partial charge is 0.497 e. The minimum Gasteiger partial charge on any atom is -0.497 e. The average molecular weight is 827 g/mol. The number of carbonyl (C=O) groups excluding carboxylic acids is 3. The molecule has 0 N–H and O–H groups in total. The van der Waals surface area contributed by atoms with E-state index in [2.05, 4.69) is 4.18 Å². The lowest BCUT2D eigenvalue weighted by Crippen LogP contribution is -2.52. The zero-order chi connectivity index (χ0) is 42.2. The zero-order valence-corrected chi connectivity index (χ0v) is 34.1. The molecule has 0 unspecified atom stereocenters. The van der Waals surface area contributed by atoms with Crippen LogP contribution in [0.2, 0.25) is 0 Å². The number of likely N-dealkylation sites (tertiary alicyclic amines) is 2. The van der Waals surface area contributed by atoms with Gasteiger partial charge in [-0.3, -0.25) is 4.79 Å². The van der Waals surface area contributed by atoms with Crippen LogP contribution >= 0.6 is 0 Å². The van der Waals surface area contributed by atoms with Crippen molar-refractivity contribution >= 4 is 33.8 Å². The summed E-state index contributed by atoms with van der Waals surface area (Å²) >= 11 is 0. The number of hydrogen-bond acceptors (Lipinski definition) is 12. The zero-order valence-electron chi connectivity index (χ0n) is 33.2. The normalized spacial score (nSPS) is 18.7. The summed E-state index contributed by atoms with van der Waals surface area (Å²) in [7, 11) is -2.91. The number of benzene rings is 2. The lowest BCUT2D eigenvalue weighted by molar-refractivity contribution is -0.0512. The van der Waals surface area contributed by atoms with Gasteiger partial charge in [0, 0.05) is 70.1 Å². The van der Waals surface area contributed by atoms with Gasteiger partial charge in [-0.05, 0) is 65.8 Å². The van der Waals surface area contributed by atoms with Gasteiger partial charge < -0.3 is 42.4 Å². The number of hydrogen-bond donors (Lipinski definition) is 0. The maximum absolute atomic E-state index is 12.9. The van der Waals surface area contributed by atoms with Gasteiger partial charge in [0.25, 0.3) is 0 Å². The first-order valence-corrected chi connectivity index (χ1v) is 19.7. The second-order valence-corrected chi connectivity index (χ2v) is 17.7. The lowest BCUT2D eigenvalue weighted by atomic mass is 9.82. The third kappa shape index (κ3) is 10.4. The predicted molar refractivity (Wildman–Crippen MR) is 200 cm³/mol. The number of methoxy groups -OCH3 is 2. The fraction of sp³-hybridized carbons (Fsp3) is 0.564. The number of ketones is 1. The van der Waals surface area contributed by atoms with Crippen molar-refractivity contribution in [1.29, 1.82) is 0 Å². The highest BCUT2D eigenvalue weighted by Crippen LogP contribution is 2.45. The molecule has 4 aliphatic heterocycles. The Bertz CT molecular complexity index is 1990. The molecular weight excluding hydrogens is 777 g/mol. The molecule has 0 atom stereocenters. The molecule has 14 nitrogen and oxygen atoms in total. The molecule has 18 heteroatoms. The van der Waals surface area contributed by atoms with Crippen molar-refractivity contribution in [3.05, 3.63) is 53.6 Å². The van der Waals surface area contributed by atoms with Crippen molar-refractivity contribution < 1.29 is 68.6 Å². The van der Waals surface area contributed by atoms with Crippen molar-refractivity contribution in [3.8, 4) is 23.0 Å². The van der Waals surface area contributed by atoms with E-state index in [-0.39, 0.29) is 49.1 Å². The van der Waals surface area contributed by atoms with Gasteiger partial charge in [-0.1, -0.05) is 0 Å². The summed E-state index contributed by atoms with van der Waals surface area (Å²) in [6.07, 6.45) is 2.32. The minimum atomic E-state index is -5.90. The molecule has 4 aliphatic rings. The minimum absolute atomic E-state index is 0.0406. The topological polar surface area (TPSA) is 156 Å². The van der Waals surface area contributed by atoms with Crippen molar-refractivity contribution in [2.75, 3.05) is 40.4 Å². The van der Waals surface area contributed by atoms with Gasteiger partial charge in [0.15, 0.2) is 11.5 Å². The Morgan fingerprint density at radius 1 is 0.719 bits per heavy atom. The third-order valence-electron chi connectivity index (χ3n) is 9.53. The van der Waals surface area contributed by atoms with Crippen molar-refractivity contribution in [3.63, 3.8) is 0 Å². The van der Waals surface area contributed by atoms with E-state index in [1.807, 2.05) is 20.8 Å². The molecule has 2 aromatic rings. The molecule has 4 heterocycles. The van der Waals surface area contributed by atoms with Crippen molar-refractivity contribution in [1.82, 2.24) is 9.80 Å². The Morgan fingerprint density at radius 3 is 1.63 bits per heavy atom. The molecular formula is C39H49F3N2O12S. The number of nitrogens with zero attached hydrogens (tertiary/aromatic N) is 2. The Balaban J connectivity index is 0.000000224. The maximum atomic E-state index is 12.9. The van der Waals surface area contributed by atoms with E-state index in [4.69, 9.17) is 28.4 Å². The van der Waals surface area contributed by atoms with E-state index in [0.29, 0.717) is 55.2 Å². The third-order valence-corrected chi connectivity index (χ3v) is 10.5. The van der Waals surface area contributed by atoms with Crippen LogP contribution in [0, 0.1) is 0 Å². The van der Waals surface area contributed by atoms with E-state index in [9.17, 15) is 36.0 Å². The van der Waals surface area contributed by atoms with E-state index < -0.39 is 49.9 Å². The molecule has 2 saturated heterocycles. The highest BCUT2D eigenvalue weighted by atomic mass is 32.2. The first-order valence-electron chi connectivity index (χ1n) is 18.3. The van der Waals surface area contributed by atoms with Crippen LogP contribution in [0.25, 0.3) is 5.76 Å². The second-order valence-electron chi connectivity index (χ2n) is 16.2. The van der Waals surface area contributed by atoms with Gasteiger partial charge in [-0.25, -0.2) is 9.59 Å². The largest absolute Gasteiger partial charge is 0.534 e. The van der Waals surface area contributed by atoms with Crippen LogP contribution in [0.1, 0.15) is 89.6 Å². The van der Waals surface area contributed by atoms with E-state index in [1.54, 1.807) is 51.0 Å². The number of piperidine rings is 2. The molecule has 0 saturated carbocycles. The first-order chi connectivity index (χ1) is 26.4. The van der Waals surface area contributed by atoms with E-state index in [0.717, 1.165) is 0 Å². The molecule has 57 heavy (non-hydrogen) atoms.